The third-order valence-corrected chi connectivity index (χ3v) is 5.28. The summed E-state index contributed by atoms with van der Waals surface area (Å²) in [7, 11) is 3.20. The fourth-order valence-corrected chi connectivity index (χ4v) is 3.69. The van der Waals surface area contributed by atoms with Crippen molar-refractivity contribution >= 4 is 28.7 Å². The molecule has 1 aliphatic rings. The maximum atomic E-state index is 5.93. The van der Waals surface area contributed by atoms with Crippen LogP contribution in [0.2, 0.25) is 0 Å². The highest BCUT2D eigenvalue weighted by Gasteiger charge is 2.17. The summed E-state index contributed by atoms with van der Waals surface area (Å²) in [4.78, 5) is 16.6. The van der Waals surface area contributed by atoms with Gasteiger partial charge in [0.1, 0.15) is 30.7 Å². The van der Waals surface area contributed by atoms with Gasteiger partial charge in [-0.2, -0.15) is 9.67 Å². The van der Waals surface area contributed by atoms with Crippen molar-refractivity contribution in [3.8, 4) is 11.5 Å². The van der Waals surface area contributed by atoms with E-state index < -0.39 is 0 Å². The molecule has 0 unspecified atom stereocenters. The monoisotopic (exact) mass is 460 g/mol. The van der Waals surface area contributed by atoms with Crippen LogP contribution in [0.5, 0.6) is 11.5 Å². The zero-order chi connectivity index (χ0) is 23.5. The van der Waals surface area contributed by atoms with Gasteiger partial charge in [0.05, 0.1) is 25.3 Å². The molecule has 0 atom stereocenters. The zero-order valence-electron chi connectivity index (χ0n) is 18.8. The number of anilines is 1. The molecule has 0 saturated carbocycles. The van der Waals surface area contributed by atoms with Crippen LogP contribution in [0.3, 0.4) is 0 Å². The maximum absolute atomic E-state index is 5.93. The number of nitrogens with one attached hydrogen (secondary N) is 2. The molecule has 11 heteroatoms. The number of rotatable bonds is 7. The van der Waals surface area contributed by atoms with Crippen LogP contribution >= 0.6 is 0 Å². The Balaban J connectivity index is 1.34. The molecule has 11 nitrogen and oxygen atoms in total. The van der Waals surface area contributed by atoms with E-state index in [9.17, 15) is 0 Å². The number of aromatic nitrogens is 5. The largest absolute Gasteiger partial charge is 0.493 e. The normalized spacial score (nSPS) is 13.2. The summed E-state index contributed by atoms with van der Waals surface area (Å²) in [6, 6.07) is 13.5. The number of aliphatic imine (C=N–C) groups is 1. The highest BCUT2D eigenvalue weighted by Crippen LogP contribution is 2.28. The van der Waals surface area contributed by atoms with Gasteiger partial charge in [0.2, 0.25) is 11.8 Å². The summed E-state index contributed by atoms with van der Waals surface area (Å²) in [6.07, 6.45) is 2.24. The maximum Gasteiger partial charge on any atom is 0.240 e. The Labute approximate surface area is 195 Å². The van der Waals surface area contributed by atoms with E-state index in [1.807, 2.05) is 42.5 Å². The number of aromatic amines is 1. The quantitative estimate of drug-likeness (QED) is 0.382. The first-order valence-corrected chi connectivity index (χ1v) is 10.6. The van der Waals surface area contributed by atoms with Crippen molar-refractivity contribution in [2.24, 2.45) is 4.99 Å². The van der Waals surface area contributed by atoms with E-state index in [2.05, 4.69) is 30.4 Å². The molecule has 0 fully saturated rings. The second-order valence-electron chi connectivity index (χ2n) is 7.51. The summed E-state index contributed by atoms with van der Waals surface area (Å²) < 4.78 is 18.3. The number of benzene rings is 2. The Morgan fingerprint density at radius 2 is 1.91 bits per heavy atom. The molecule has 3 heterocycles. The van der Waals surface area contributed by atoms with Gasteiger partial charge in [-0.25, -0.2) is 9.98 Å². The summed E-state index contributed by atoms with van der Waals surface area (Å²) in [5, 5.41) is 7.55. The number of fused-ring (bicyclic) bond motifs is 1. The first-order valence-electron chi connectivity index (χ1n) is 10.6. The van der Waals surface area contributed by atoms with Gasteiger partial charge in [0.15, 0.2) is 11.5 Å². The molecule has 2 aromatic heterocycles. The Morgan fingerprint density at radius 1 is 1.06 bits per heavy atom. The third-order valence-electron chi connectivity index (χ3n) is 5.28. The van der Waals surface area contributed by atoms with Crippen LogP contribution in [-0.4, -0.2) is 51.5 Å². The van der Waals surface area contributed by atoms with Crippen molar-refractivity contribution in [2.45, 2.75) is 13.0 Å². The molecule has 0 aliphatic carbocycles. The van der Waals surface area contributed by atoms with E-state index in [1.54, 1.807) is 25.0 Å². The lowest BCUT2D eigenvalue weighted by molar-refractivity contribution is 0.284. The number of methoxy groups -OCH3 is 2. The topological polar surface area (TPSA) is 137 Å². The number of nitrogens with zero attached hydrogens (tertiary/aromatic N) is 5. The van der Waals surface area contributed by atoms with Gasteiger partial charge in [-0.1, -0.05) is 18.2 Å². The molecular weight excluding hydrogens is 436 g/mol. The Bertz CT molecular complexity index is 1360. The molecular formula is C23H24N8O3. The SMILES string of the molecule is COc1ccc(Cc2nc(N)nn2C2=CC(OCc3nc4ccccc4[nH]3)=NCN2)cc1OC. The first kappa shape index (κ1) is 21.3. The number of nitrogens with two attached hydrogens (primary N) is 1. The van der Waals surface area contributed by atoms with Crippen molar-refractivity contribution in [2.75, 3.05) is 26.6 Å². The number of ether oxygens (including phenoxy) is 3. The van der Waals surface area contributed by atoms with Crippen LogP contribution in [0, 0.1) is 0 Å². The van der Waals surface area contributed by atoms with Gasteiger partial charge in [-0.15, -0.1) is 5.10 Å². The van der Waals surface area contributed by atoms with Crippen LogP contribution in [0.1, 0.15) is 17.2 Å². The minimum atomic E-state index is 0.172. The molecule has 4 N–H and O–H groups in total. The number of para-hydroxylation sites is 2. The average molecular weight is 460 g/mol. The Kier molecular flexibility index (Phi) is 5.73. The molecule has 2 aromatic carbocycles. The van der Waals surface area contributed by atoms with E-state index in [0.717, 1.165) is 22.4 Å². The molecule has 0 spiro atoms. The van der Waals surface area contributed by atoms with Crippen LogP contribution < -0.4 is 20.5 Å². The number of nitrogen functional groups attached to an aromatic ring is 1. The third kappa shape index (κ3) is 4.35. The second-order valence-corrected chi connectivity index (χ2v) is 7.51. The summed E-state index contributed by atoms with van der Waals surface area (Å²) in [5.74, 6) is 3.97. The predicted octanol–water partition coefficient (Wildman–Crippen LogP) is 2.32. The van der Waals surface area contributed by atoms with Crippen LogP contribution in [0.15, 0.2) is 53.5 Å². The number of hydrogen-bond acceptors (Lipinski definition) is 9. The molecule has 0 saturated heterocycles. The number of hydrogen-bond donors (Lipinski definition) is 3. The van der Waals surface area contributed by atoms with Crippen molar-refractivity contribution in [3.63, 3.8) is 0 Å². The Hall–Kier alpha value is -4.54. The standard InChI is InChI=1S/C23H24N8O3/c1-32-17-8-7-14(9-18(17)33-2)10-21-29-23(24)30-31(21)20-11-22(26-13-25-20)34-12-19-27-15-5-3-4-6-16(15)28-19/h3-9,11,25H,10,12-13H2,1-2H3,(H2,24,30)(H,27,28). The van der Waals surface area contributed by atoms with Crippen LogP contribution in [0.25, 0.3) is 16.9 Å². The lowest BCUT2D eigenvalue weighted by Crippen LogP contribution is -2.26. The summed E-state index contributed by atoms with van der Waals surface area (Å²) in [6.45, 7) is 0.589. The molecule has 0 amide bonds. The van der Waals surface area contributed by atoms with E-state index in [4.69, 9.17) is 19.9 Å². The minimum Gasteiger partial charge on any atom is -0.493 e. The van der Waals surface area contributed by atoms with E-state index in [1.165, 1.54) is 0 Å². The molecule has 34 heavy (non-hydrogen) atoms. The first-order chi connectivity index (χ1) is 16.6. The molecule has 4 aromatic rings. The van der Waals surface area contributed by atoms with Crippen molar-refractivity contribution in [1.82, 2.24) is 30.0 Å². The molecule has 5 rings (SSSR count). The van der Waals surface area contributed by atoms with Gasteiger partial charge in [-0.3, -0.25) is 0 Å². The lowest BCUT2D eigenvalue weighted by Gasteiger charge is -2.17. The van der Waals surface area contributed by atoms with Crippen LogP contribution in [-0.2, 0) is 17.8 Å². The van der Waals surface area contributed by atoms with Crippen molar-refractivity contribution in [1.29, 1.82) is 0 Å². The van der Waals surface area contributed by atoms with Gasteiger partial charge in [0, 0.05) is 12.5 Å². The highest BCUT2D eigenvalue weighted by atomic mass is 16.5. The molecule has 0 radical (unpaired) electrons. The summed E-state index contributed by atoms with van der Waals surface area (Å²) >= 11 is 0. The Morgan fingerprint density at radius 3 is 2.74 bits per heavy atom. The zero-order valence-corrected chi connectivity index (χ0v) is 18.8. The smallest absolute Gasteiger partial charge is 0.240 e. The van der Waals surface area contributed by atoms with Crippen molar-refractivity contribution in [3.05, 3.63) is 65.8 Å². The average Bonchev–Trinajstić information content (AvgIpc) is 3.45. The van der Waals surface area contributed by atoms with Gasteiger partial charge in [-0.05, 0) is 29.8 Å². The minimum absolute atomic E-state index is 0.172. The van der Waals surface area contributed by atoms with Gasteiger partial charge >= 0.3 is 0 Å². The molecule has 0 bridgehead atoms. The lowest BCUT2D eigenvalue weighted by atomic mass is 10.1. The highest BCUT2D eigenvalue weighted by molar-refractivity contribution is 5.93. The fraction of sp³-hybridized carbons (Fsp3) is 0.217. The van der Waals surface area contributed by atoms with E-state index in [-0.39, 0.29) is 12.6 Å². The van der Waals surface area contributed by atoms with Gasteiger partial charge < -0.3 is 30.2 Å². The van der Waals surface area contributed by atoms with E-state index in [0.29, 0.717) is 42.1 Å². The van der Waals surface area contributed by atoms with E-state index >= 15 is 0 Å². The van der Waals surface area contributed by atoms with Gasteiger partial charge in [0.25, 0.3) is 0 Å². The predicted molar refractivity (Wildman–Crippen MR) is 127 cm³/mol. The second kappa shape index (κ2) is 9.14. The number of H-pyrrole nitrogens is 1. The number of imidazole rings is 1. The van der Waals surface area contributed by atoms with Crippen LogP contribution in [0.4, 0.5) is 5.95 Å². The molecule has 1 aliphatic heterocycles. The summed E-state index contributed by atoms with van der Waals surface area (Å²) in [5.41, 5.74) is 8.75. The fourth-order valence-electron chi connectivity index (χ4n) is 3.69. The molecule has 174 valence electrons. The van der Waals surface area contributed by atoms with Crippen molar-refractivity contribution < 1.29 is 14.2 Å².